The Morgan fingerprint density at radius 2 is 1.79 bits per heavy atom. The molecule has 0 heterocycles. The molecule has 0 atom stereocenters. The quantitative estimate of drug-likeness (QED) is 0.618. The zero-order valence-corrected chi connectivity index (χ0v) is 10.6. The molecule has 0 bridgehead atoms. The first-order valence-corrected chi connectivity index (χ1v) is 6.05. The number of nitro groups is 1. The summed E-state index contributed by atoms with van der Waals surface area (Å²) < 4.78 is 13.0. The first-order chi connectivity index (χ1) is 9.08. The summed E-state index contributed by atoms with van der Waals surface area (Å²) >= 11 is 0. The summed E-state index contributed by atoms with van der Waals surface area (Å²) in [6.07, 6.45) is 1.24. The maximum atomic E-state index is 13.0. The van der Waals surface area contributed by atoms with Gasteiger partial charge in [-0.15, -0.1) is 0 Å². The van der Waals surface area contributed by atoms with Crippen LogP contribution in [-0.2, 0) is 12.8 Å². The van der Waals surface area contributed by atoms with Crippen molar-refractivity contribution in [2.45, 2.75) is 19.8 Å². The Kier molecular flexibility index (Phi) is 3.90. The Balaban J connectivity index is 2.17. The van der Waals surface area contributed by atoms with Gasteiger partial charge in [-0.05, 0) is 43.0 Å². The van der Waals surface area contributed by atoms with Gasteiger partial charge in [-0.25, -0.2) is 4.39 Å². The highest BCUT2D eigenvalue weighted by molar-refractivity contribution is 5.40. The fraction of sp³-hybridized carbons (Fsp3) is 0.200. The topological polar surface area (TPSA) is 43.1 Å². The molecule has 2 aromatic rings. The molecule has 0 saturated carbocycles. The SMILES string of the molecule is Cc1cc(F)ccc1CCc1ccccc1[N+](=O)[O-]. The summed E-state index contributed by atoms with van der Waals surface area (Å²) in [7, 11) is 0. The lowest BCUT2D eigenvalue weighted by molar-refractivity contribution is -0.385. The number of nitro benzene ring substituents is 1. The lowest BCUT2D eigenvalue weighted by Gasteiger charge is -2.06. The van der Waals surface area contributed by atoms with E-state index in [0.717, 1.165) is 11.1 Å². The highest BCUT2D eigenvalue weighted by Gasteiger charge is 2.12. The van der Waals surface area contributed by atoms with Crippen LogP contribution in [0.2, 0.25) is 0 Å². The summed E-state index contributed by atoms with van der Waals surface area (Å²) in [5.74, 6) is -0.257. The van der Waals surface area contributed by atoms with Gasteiger partial charge >= 0.3 is 0 Å². The molecule has 0 spiro atoms. The van der Waals surface area contributed by atoms with Crippen molar-refractivity contribution in [2.24, 2.45) is 0 Å². The fourth-order valence-electron chi connectivity index (χ4n) is 2.11. The zero-order valence-electron chi connectivity index (χ0n) is 10.6. The molecule has 2 rings (SSSR count). The van der Waals surface area contributed by atoms with Crippen molar-refractivity contribution in [1.29, 1.82) is 0 Å². The highest BCUT2D eigenvalue weighted by atomic mass is 19.1. The molecular formula is C15H14FNO2. The van der Waals surface area contributed by atoms with Crippen molar-refractivity contribution in [2.75, 3.05) is 0 Å². The highest BCUT2D eigenvalue weighted by Crippen LogP contribution is 2.20. The third kappa shape index (κ3) is 3.16. The molecule has 4 heteroatoms. The second kappa shape index (κ2) is 5.61. The molecular weight excluding hydrogens is 245 g/mol. The van der Waals surface area contributed by atoms with Crippen molar-refractivity contribution in [3.8, 4) is 0 Å². The molecule has 0 aliphatic carbocycles. The van der Waals surface area contributed by atoms with Gasteiger partial charge in [-0.2, -0.15) is 0 Å². The standard InChI is InChI=1S/C15H14FNO2/c1-11-10-14(16)9-8-12(11)6-7-13-4-2-3-5-15(13)17(18)19/h2-5,8-10H,6-7H2,1H3. The number of nitrogens with zero attached hydrogens (tertiary/aromatic N) is 1. The summed E-state index contributed by atoms with van der Waals surface area (Å²) in [6, 6.07) is 11.4. The fourth-order valence-corrected chi connectivity index (χ4v) is 2.11. The van der Waals surface area contributed by atoms with Crippen LogP contribution < -0.4 is 0 Å². The molecule has 0 aromatic heterocycles. The van der Waals surface area contributed by atoms with E-state index in [4.69, 9.17) is 0 Å². The first-order valence-electron chi connectivity index (χ1n) is 6.05. The lowest BCUT2D eigenvalue weighted by Crippen LogP contribution is -1.99. The second-order valence-electron chi connectivity index (χ2n) is 4.46. The largest absolute Gasteiger partial charge is 0.272 e. The number of para-hydroxylation sites is 1. The van der Waals surface area contributed by atoms with Gasteiger partial charge in [0.15, 0.2) is 0 Å². The van der Waals surface area contributed by atoms with Crippen molar-refractivity contribution in [1.82, 2.24) is 0 Å². The van der Waals surface area contributed by atoms with E-state index in [2.05, 4.69) is 0 Å². The van der Waals surface area contributed by atoms with Gasteiger partial charge in [0, 0.05) is 11.6 Å². The molecule has 19 heavy (non-hydrogen) atoms. The number of aryl methyl sites for hydroxylation is 3. The number of rotatable bonds is 4. The lowest BCUT2D eigenvalue weighted by atomic mass is 9.99. The number of halogens is 1. The summed E-state index contributed by atoms with van der Waals surface area (Å²) in [4.78, 5) is 10.5. The molecule has 0 unspecified atom stereocenters. The summed E-state index contributed by atoms with van der Waals surface area (Å²) in [6.45, 7) is 1.85. The van der Waals surface area contributed by atoms with Crippen LogP contribution in [-0.4, -0.2) is 4.92 Å². The van der Waals surface area contributed by atoms with E-state index in [-0.39, 0.29) is 16.4 Å². The van der Waals surface area contributed by atoms with Crippen LogP contribution in [0.4, 0.5) is 10.1 Å². The molecule has 0 N–H and O–H groups in total. The Labute approximate surface area is 110 Å². The Morgan fingerprint density at radius 3 is 2.47 bits per heavy atom. The molecule has 3 nitrogen and oxygen atoms in total. The molecule has 0 saturated heterocycles. The van der Waals surface area contributed by atoms with Gasteiger partial charge in [0.25, 0.3) is 5.69 Å². The summed E-state index contributed by atoms with van der Waals surface area (Å²) in [5.41, 5.74) is 2.73. The number of benzene rings is 2. The number of hydrogen-bond acceptors (Lipinski definition) is 2. The Hall–Kier alpha value is -2.23. The normalized spacial score (nSPS) is 10.4. The van der Waals surface area contributed by atoms with Gasteiger partial charge < -0.3 is 0 Å². The third-order valence-electron chi connectivity index (χ3n) is 3.16. The number of hydrogen-bond donors (Lipinski definition) is 0. The zero-order chi connectivity index (χ0) is 13.8. The van der Waals surface area contributed by atoms with Crippen LogP contribution in [0.25, 0.3) is 0 Å². The maximum absolute atomic E-state index is 13.0. The third-order valence-corrected chi connectivity index (χ3v) is 3.16. The van der Waals surface area contributed by atoms with Crippen molar-refractivity contribution >= 4 is 5.69 Å². The molecule has 98 valence electrons. The van der Waals surface area contributed by atoms with Crippen LogP contribution in [0.5, 0.6) is 0 Å². The van der Waals surface area contributed by atoms with E-state index < -0.39 is 0 Å². The minimum atomic E-state index is -0.368. The molecule has 0 aliphatic heterocycles. The van der Waals surface area contributed by atoms with Crippen LogP contribution in [0, 0.1) is 22.9 Å². The van der Waals surface area contributed by atoms with E-state index in [1.54, 1.807) is 24.3 Å². The van der Waals surface area contributed by atoms with Gasteiger partial charge in [-0.3, -0.25) is 10.1 Å². The smallest absolute Gasteiger partial charge is 0.258 e. The van der Waals surface area contributed by atoms with Crippen LogP contribution in [0.1, 0.15) is 16.7 Å². The van der Waals surface area contributed by atoms with E-state index in [9.17, 15) is 14.5 Å². The van der Waals surface area contributed by atoms with Gasteiger partial charge in [0.1, 0.15) is 5.82 Å². The molecule has 0 radical (unpaired) electrons. The molecule has 0 aliphatic rings. The monoisotopic (exact) mass is 259 g/mol. The van der Waals surface area contributed by atoms with E-state index in [1.807, 2.05) is 6.92 Å². The molecule has 2 aromatic carbocycles. The Bertz CT molecular complexity index is 611. The molecule has 0 amide bonds. The van der Waals surface area contributed by atoms with Crippen molar-refractivity contribution in [3.63, 3.8) is 0 Å². The molecule has 0 fully saturated rings. The van der Waals surface area contributed by atoms with Gasteiger partial charge in [0.05, 0.1) is 4.92 Å². The van der Waals surface area contributed by atoms with E-state index >= 15 is 0 Å². The van der Waals surface area contributed by atoms with Gasteiger partial charge in [0.2, 0.25) is 0 Å². The minimum Gasteiger partial charge on any atom is -0.258 e. The first kappa shape index (κ1) is 13.2. The maximum Gasteiger partial charge on any atom is 0.272 e. The van der Waals surface area contributed by atoms with E-state index in [0.29, 0.717) is 18.4 Å². The van der Waals surface area contributed by atoms with Crippen molar-refractivity contribution in [3.05, 3.63) is 75.1 Å². The van der Waals surface area contributed by atoms with Crippen LogP contribution in [0.3, 0.4) is 0 Å². The minimum absolute atomic E-state index is 0.141. The average Bonchev–Trinajstić information content (AvgIpc) is 2.38. The predicted octanol–water partition coefficient (Wildman–Crippen LogP) is 3.83. The van der Waals surface area contributed by atoms with Gasteiger partial charge in [-0.1, -0.05) is 24.3 Å². The van der Waals surface area contributed by atoms with Crippen molar-refractivity contribution < 1.29 is 9.31 Å². The second-order valence-corrected chi connectivity index (χ2v) is 4.46. The van der Waals surface area contributed by atoms with Crippen LogP contribution >= 0.6 is 0 Å². The van der Waals surface area contributed by atoms with Crippen LogP contribution in [0.15, 0.2) is 42.5 Å². The Morgan fingerprint density at radius 1 is 1.11 bits per heavy atom. The van der Waals surface area contributed by atoms with E-state index in [1.165, 1.54) is 18.2 Å². The summed E-state index contributed by atoms with van der Waals surface area (Å²) in [5, 5.41) is 10.9. The average molecular weight is 259 g/mol. The predicted molar refractivity (Wildman–Crippen MR) is 71.6 cm³/mol.